The van der Waals surface area contributed by atoms with Crippen LogP contribution in [0.15, 0.2) is 35.3 Å². The predicted octanol–water partition coefficient (Wildman–Crippen LogP) is 0.976. The Hall–Kier alpha value is -2.21. The largest absolute Gasteiger partial charge is 0.463 e. The molecule has 0 unspecified atom stereocenters. The van der Waals surface area contributed by atoms with Gasteiger partial charge in [0, 0.05) is 12.3 Å². The number of esters is 1. The Morgan fingerprint density at radius 3 is 2.85 bits per heavy atom. The van der Waals surface area contributed by atoms with Crippen LogP contribution in [0.5, 0.6) is 0 Å². The highest BCUT2D eigenvalue weighted by Crippen LogP contribution is 2.06. The number of rotatable bonds is 6. The SMILES string of the molecule is CC(=O)OCCOCCn1ncc2ccccc2c1=O. The Labute approximate surface area is 115 Å². The van der Waals surface area contributed by atoms with Crippen LogP contribution in [0.3, 0.4) is 0 Å². The van der Waals surface area contributed by atoms with Crippen molar-refractivity contribution in [1.82, 2.24) is 9.78 Å². The lowest BCUT2D eigenvalue weighted by molar-refractivity contribution is -0.142. The third-order valence-corrected chi connectivity index (χ3v) is 2.74. The van der Waals surface area contributed by atoms with Crippen molar-refractivity contribution >= 4 is 16.7 Å². The van der Waals surface area contributed by atoms with Crippen LogP contribution in [0.1, 0.15) is 6.92 Å². The van der Waals surface area contributed by atoms with Crippen LogP contribution in [-0.2, 0) is 20.8 Å². The minimum Gasteiger partial charge on any atom is -0.463 e. The number of carbonyl (C=O) groups is 1. The van der Waals surface area contributed by atoms with E-state index in [1.165, 1.54) is 11.6 Å². The van der Waals surface area contributed by atoms with Gasteiger partial charge in [-0.2, -0.15) is 5.10 Å². The summed E-state index contributed by atoms with van der Waals surface area (Å²) in [5.41, 5.74) is -0.133. The number of ether oxygens (including phenoxy) is 2. The number of carbonyl (C=O) groups excluding carboxylic acids is 1. The Kier molecular flexibility index (Phi) is 4.84. The highest BCUT2D eigenvalue weighted by atomic mass is 16.6. The summed E-state index contributed by atoms with van der Waals surface area (Å²) in [5.74, 6) is -0.332. The summed E-state index contributed by atoms with van der Waals surface area (Å²) < 4.78 is 11.4. The summed E-state index contributed by atoms with van der Waals surface area (Å²) in [6.45, 7) is 2.58. The number of hydrogen-bond donors (Lipinski definition) is 0. The van der Waals surface area contributed by atoms with Crippen LogP contribution >= 0.6 is 0 Å². The molecule has 6 heteroatoms. The number of nitrogens with zero attached hydrogens (tertiary/aromatic N) is 2. The van der Waals surface area contributed by atoms with E-state index in [1.807, 2.05) is 18.2 Å². The molecule has 0 saturated heterocycles. The molecule has 0 saturated carbocycles. The van der Waals surface area contributed by atoms with E-state index in [2.05, 4.69) is 5.10 Å². The van der Waals surface area contributed by atoms with Gasteiger partial charge in [0.15, 0.2) is 0 Å². The molecule has 0 N–H and O–H groups in total. The van der Waals surface area contributed by atoms with Gasteiger partial charge in [-0.25, -0.2) is 4.68 Å². The smallest absolute Gasteiger partial charge is 0.302 e. The van der Waals surface area contributed by atoms with Crippen molar-refractivity contribution in [2.75, 3.05) is 19.8 Å². The van der Waals surface area contributed by atoms with Crippen LogP contribution in [0.2, 0.25) is 0 Å². The number of benzene rings is 1. The summed E-state index contributed by atoms with van der Waals surface area (Å²) in [5, 5.41) is 5.56. The van der Waals surface area contributed by atoms with E-state index in [1.54, 1.807) is 12.3 Å². The van der Waals surface area contributed by atoms with Crippen LogP contribution in [0, 0.1) is 0 Å². The second kappa shape index (κ2) is 6.81. The maximum atomic E-state index is 12.1. The van der Waals surface area contributed by atoms with Crippen molar-refractivity contribution in [1.29, 1.82) is 0 Å². The van der Waals surface area contributed by atoms with Gasteiger partial charge < -0.3 is 9.47 Å². The Morgan fingerprint density at radius 1 is 1.25 bits per heavy atom. The van der Waals surface area contributed by atoms with Crippen LogP contribution in [-0.4, -0.2) is 35.6 Å². The quantitative estimate of drug-likeness (QED) is 0.581. The summed E-state index contributed by atoms with van der Waals surface area (Å²) >= 11 is 0. The first-order valence-electron chi connectivity index (χ1n) is 6.34. The fraction of sp³-hybridized carbons (Fsp3) is 0.357. The molecule has 1 heterocycles. The van der Waals surface area contributed by atoms with E-state index in [9.17, 15) is 9.59 Å². The normalized spacial score (nSPS) is 10.7. The lowest BCUT2D eigenvalue weighted by Gasteiger charge is -2.07. The zero-order valence-corrected chi connectivity index (χ0v) is 11.2. The Morgan fingerprint density at radius 2 is 2.05 bits per heavy atom. The second-order valence-electron chi connectivity index (χ2n) is 4.21. The lowest BCUT2D eigenvalue weighted by Crippen LogP contribution is -2.25. The molecule has 0 spiro atoms. The molecule has 0 aliphatic rings. The molecule has 1 aromatic heterocycles. The lowest BCUT2D eigenvalue weighted by atomic mass is 10.2. The van der Waals surface area contributed by atoms with Crippen LogP contribution in [0.25, 0.3) is 10.8 Å². The number of hydrogen-bond acceptors (Lipinski definition) is 5. The van der Waals surface area contributed by atoms with Gasteiger partial charge in [-0.3, -0.25) is 9.59 Å². The molecule has 0 fully saturated rings. The molecule has 20 heavy (non-hydrogen) atoms. The first-order valence-corrected chi connectivity index (χ1v) is 6.34. The van der Waals surface area contributed by atoms with Gasteiger partial charge in [-0.15, -0.1) is 0 Å². The van der Waals surface area contributed by atoms with Gasteiger partial charge in [0.2, 0.25) is 0 Å². The molecule has 106 valence electrons. The molecule has 0 radical (unpaired) electrons. The third kappa shape index (κ3) is 3.64. The van der Waals surface area contributed by atoms with Gasteiger partial charge in [0.05, 0.1) is 31.3 Å². The standard InChI is InChI=1S/C14H16N2O4/c1-11(17)20-9-8-19-7-6-16-14(18)13-5-3-2-4-12(13)10-15-16/h2-5,10H,6-9H2,1H3. The monoisotopic (exact) mass is 276 g/mol. The molecule has 6 nitrogen and oxygen atoms in total. The third-order valence-electron chi connectivity index (χ3n) is 2.74. The molecule has 0 aliphatic heterocycles. The fourth-order valence-electron chi connectivity index (χ4n) is 1.78. The highest BCUT2D eigenvalue weighted by molar-refractivity contribution is 5.80. The Balaban J connectivity index is 1.89. The van der Waals surface area contributed by atoms with E-state index in [0.29, 0.717) is 25.1 Å². The zero-order valence-electron chi connectivity index (χ0n) is 11.2. The second-order valence-corrected chi connectivity index (χ2v) is 4.21. The average Bonchev–Trinajstić information content (AvgIpc) is 2.45. The molecule has 0 aliphatic carbocycles. The van der Waals surface area contributed by atoms with Crippen molar-refractivity contribution in [2.24, 2.45) is 0 Å². The molecule has 2 aromatic rings. The molecule has 0 bridgehead atoms. The first-order chi connectivity index (χ1) is 9.68. The van der Waals surface area contributed by atoms with Gasteiger partial charge >= 0.3 is 5.97 Å². The molecule has 0 atom stereocenters. The average molecular weight is 276 g/mol. The van der Waals surface area contributed by atoms with Crippen LogP contribution < -0.4 is 5.56 Å². The van der Waals surface area contributed by atoms with E-state index in [0.717, 1.165) is 5.39 Å². The van der Waals surface area contributed by atoms with E-state index in [4.69, 9.17) is 9.47 Å². The molecule has 1 aromatic carbocycles. The topological polar surface area (TPSA) is 70.4 Å². The summed E-state index contributed by atoms with van der Waals surface area (Å²) in [7, 11) is 0. The zero-order chi connectivity index (χ0) is 14.4. The number of fused-ring (bicyclic) bond motifs is 1. The van der Waals surface area contributed by atoms with Crippen LogP contribution in [0.4, 0.5) is 0 Å². The van der Waals surface area contributed by atoms with Gasteiger partial charge in [-0.1, -0.05) is 18.2 Å². The van der Waals surface area contributed by atoms with E-state index in [-0.39, 0.29) is 18.1 Å². The molecule has 0 amide bonds. The fourth-order valence-corrected chi connectivity index (χ4v) is 1.78. The Bertz CT molecular complexity index is 651. The van der Waals surface area contributed by atoms with Crippen molar-refractivity contribution in [3.05, 3.63) is 40.8 Å². The van der Waals surface area contributed by atoms with E-state index < -0.39 is 0 Å². The number of aromatic nitrogens is 2. The molecule has 2 rings (SSSR count). The summed E-state index contributed by atoms with van der Waals surface area (Å²) in [4.78, 5) is 22.6. The van der Waals surface area contributed by atoms with Crippen molar-refractivity contribution in [3.63, 3.8) is 0 Å². The minimum atomic E-state index is -0.332. The summed E-state index contributed by atoms with van der Waals surface area (Å²) in [6, 6.07) is 7.32. The first kappa shape index (κ1) is 14.2. The highest BCUT2D eigenvalue weighted by Gasteiger charge is 2.03. The maximum absolute atomic E-state index is 12.1. The van der Waals surface area contributed by atoms with E-state index >= 15 is 0 Å². The van der Waals surface area contributed by atoms with Gasteiger partial charge in [0.25, 0.3) is 5.56 Å². The predicted molar refractivity (Wildman–Crippen MR) is 73.5 cm³/mol. The van der Waals surface area contributed by atoms with Crippen molar-refractivity contribution in [3.8, 4) is 0 Å². The summed E-state index contributed by atoms with van der Waals surface area (Å²) in [6.07, 6.45) is 1.66. The van der Waals surface area contributed by atoms with Crippen molar-refractivity contribution < 1.29 is 14.3 Å². The maximum Gasteiger partial charge on any atom is 0.302 e. The molecular formula is C14H16N2O4. The minimum absolute atomic E-state index is 0.133. The molecular weight excluding hydrogens is 260 g/mol. The van der Waals surface area contributed by atoms with Gasteiger partial charge in [0.1, 0.15) is 6.61 Å². The van der Waals surface area contributed by atoms with Crippen molar-refractivity contribution in [2.45, 2.75) is 13.5 Å². The van der Waals surface area contributed by atoms with Gasteiger partial charge in [-0.05, 0) is 6.07 Å².